The highest BCUT2D eigenvalue weighted by Crippen LogP contribution is 2.00. The maximum Gasteiger partial charge on any atom is 0.227 e. The third-order valence-corrected chi connectivity index (χ3v) is 1.77. The minimum Gasteiger partial charge on any atom is -0.515 e. The number of aliphatic hydroxyl groups is 1. The first-order valence-corrected chi connectivity index (χ1v) is 4.04. The third-order valence-electron chi connectivity index (χ3n) is 1.34. The smallest absolute Gasteiger partial charge is 0.227 e. The van der Waals surface area contributed by atoms with Crippen molar-refractivity contribution >= 4 is 23.2 Å². The van der Waals surface area contributed by atoms with Crippen LogP contribution in [0.2, 0.25) is 0 Å². The molecule has 5 heteroatoms. The van der Waals surface area contributed by atoms with Gasteiger partial charge in [0.25, 0.3) is 0 Å². The molecule has 0 atom stereocenters. The van der Waals surface area contributed by atoms with Gasteiger partial charge in [0.15, 0.2) is 0 Å². The molecule has 13 heavy (non-hydrogen) atoms. The number of hydrogen-bond donors (Lipinski definition) is 2. The van der Waals surface area contributed by atoms with Crippen LogP contribution in [0.3, 0.4) is 0 Å². The number of hydrogen-bond acceptors (Lipinski definition) is 4. The number of anilines is 1. The number of nitrogens with one attached hydrogen (secondary N) is 1. The minimum absolute atomic E-state index is 0.411. The molecule has 2 N–H and O–H groups in total. The Bertz CT molecular complexity index is 323. The molecule has 0 aliphatic rings. The molecule has 0 aromatic carbocycles. The Kier molecular flexibility index (Phi) is 3.33. The van der Waals surface area contributed by atoms with Crippen LogP contribution in [0.25, 0.3) is 0 Å². The van der Waals surface area contributed by atoms with Gasteiger partial charge in [-0.3, -0.25) is 0 Å². The fourth-order valence-corrected chi connectivity index (χ4v) is 0.766. The lowest BCUT2D eigenvalue weighted by Gasteiger charge is -2.04. The predicted molar refractivity (Wildman–Crippen MR) is 54.6 cm³/mol. The number of thiocarbonyl (C=S) groups is 1. The summed E-state index contributed by atoms with van der Waals surface area (Å²) in [5.74, 6) is 0.425. The number of rotatable bonds is 2. The van der Waals surface area contributed by atoms with Gasteiger partial charge < -0.3 is 10.4 Å². The van der Waals surface area contributed by atoms with Crippen LogP contribution in [0.5, 0.6) is 0 Å². The minimum atomic E-state index is 0.411. The summed E-state index contributed by atoms with van der Waals surface area (Å²) in [6.07, 6.45) is 4.16. The summed E-state index contributed by atoms with van der Waals surface area (Å²) in [6.45, 7) is 1.69. The van der Waals surface area contributed by atoms with Gasteiger partial charge in [0.1, 0.15) is 4.99 Å². The molecule has 0 saturated carbocycles. The van der Waals surface area contributed by atoms with Crippen molar-refractivity contribution in [2.75, 3.05) is 5.32 Å². The molecule has 68 valence electrons. The summed E-state index contributed by atoms with van der Waals surface area (Å²) in [5, 5.41) is 11.4. The van der Waals surface area contributed by atoms with Crippen molar-refractivity contribution in [2.45, 2.75) is 6.92 Å². The maximum absolute atomic E-state index is 8.65. The molecule has 0 saturated heterocycles. The van der Waals surface area contributed by atoms with Crippen LogP contribution >= 0.6 is 12.2 Å². The van der Waals surface area contributed by atoms with Crippen LogP contribution in [0.4, 0.5) is 5.95 Å². The van der Waals surface area contributed by atoms with E-state index in [0.717, 1.165) is 6.26 Å². The number of nitrogens with zero attached hydrogens (tertiary/aromatic N) is 2. The normalized spacial score (nSPS) is 11.0. The van der Waals surface area contributed by atoms with Gasteiger partial charge >= 0.3 is 0 Å². The van der Waals surface area contributed by atoms with Crippen molar-refractivity contribution < 1.29 is 5.11 Å². The molecular weight excluding hydrogens is 186 g/mol. The summed E-state index contributed by atoms with van der Waals surface area (Å²) in [6, 6.07) is 1.71. The molecule has 1 rings (SSSR count). The topological polar surface area (TPSA) is 58.0 Å². The molecule has 1 aromatic rings. The van der Waals surface area contributed by atoms with Gasteiger partial charge in [0.2, 0.25) is 5.95 Å². The first-order chi connectivity index (χ1) is 6.24. The molecule has 1 aromatic heterocycles. The molecule has 0 unspecified atom stereocenters. The second-order valence-electron chi connectivity index (χ2n) is 2.34. The summed E-state index contributed by atoms with van der Waals surface area (Å²) >= 11 is 4.94. The van der Waals surface area contributed by atoms with Crippen molar-refractivity contribution in [3.8, 4) is 0 Å². The van der Waals surface area contributed by atoms with Crippen molar-refractivity contribution in [1.82, 2.24) is 9.97 Å². The highest BCUT2D eigenvalue weighted by molar-refractivity contribution is 7.81. The van der Waals surface area contributed by atoms with E-state index in [2.05, 4.69) is 15.3 Å². The van der Waals surface area contributed by atoms with E-state index in [0.29, 0.717) is 16.5 Å². The molecule has 0 fully saturated rings. The first-order valence-electron chi connectivity index (χ1n) is 3.63. The van der Waals surface area contributed by atoms with Gasteiger partial charge in [-0.05, 0) is 13.0 Å². The zero-order valence-corrected chi connectivity index (χ0v) is 7.88. The summed E-state index contributed by atoms with van der Waals surface area (Å²) in [5.41, 5.74) is 0.572. The maximum atomic E-state index is 8.65. The van der Waals surface area contributed by atoms with Crippen LogP contribution < -0.4 is 5.32 Å². The van der Waals surface area contributed by atoms with E-state index in [4.69, 9.17) is 17.3 Å². The lowest BCUT2D eigenvalue weighted by atomic mass is 10.3. The molecule has 1 heterocycles. The Morgan fingerprint density at radius 3 is 2.69 bits per heavy atom. The first kappa shape index (κ1) is 9.60. The lowest BCUT2D eigenvalue weighted by molar-refractivity contribution is 0.470. The highest BCUT2D eigenvalue weighted by Gasteiger charge is 2.00. The van der Waals surface area contributed by atoms with Crippen LogP contribution in [0.1, 0.15) is 6.92 Å². The highest BCUT2D eigenvalue weighted by atomic mass is 32.1. The average Bonchev–Trinajstić information content (AvgIpc) is 2.18. The summed E-state index contributed by atoms with van der Waals surface area (Å²) < 4.78 is 0. The van der Waals surface area contributed by atoms with Crippen molar-refractivity contribution in [3.63, 3.8) is 0 Å². The van der Waals surface area contributed by atoms with E-state index < -0.39 is 0 Å². The molecule has 0 radical (unpaired) electrons. The molecule has 0 bridgehead atoms. The zero-order chi connectivity index (χ0) is 9.68. The fraction of sp³-hybridized carbons (Fsp3) is 0.125. The Balaban J connectivity index is 2.66. The third kappa shape index (κ3) is 2.79. The number of aliphatic hydroxyl groups excluding tert-OH is 1. The lowest BCUT2D eigenvalue weighted by Crippen LogP contribution is -2.12. The van der Waals surface area contributed by atoms with Gasteiger partial charge in [0.05, 0.1) is 6.26 Å². The number of aromatic nitrogens is 2. The van der Waals surface area contributed by atoms with E-state index >= 15 is 0 Å². The van der Waals surface area contributed by atoms with Gasteiger partial charge in [-0.15, -0.1) is 0 Å². The predicted octanol–water partition coefficient (Wildman–Crippen LogP) is 1.68. The molecule has 0 spiro atoms. The molecule has 4 nitrogen and oxygen atoms in total. The molecule has 0 amide bonds. The largest absolute Gasteiger partial charge is 0.515 e. The second-order valence-corrected chi connectivity index (χ2v) is 2.75. The summed E-state index contributed by atoms with van der Waals surface area (Å²) in [7, 11) is 0. The average molecular weight is 195 g/mol. The van der Waals surface area contributed by atoms with Gasteiger partial charge in [-0.2, -0.15) is 0 Å². The Morgan fingerprint density at radius 2 is 2.15 bits per heavy atom. The van der Waals surface area contributed by atoms with Crippen molar-refractivity contribution in [2.24, 2.45) is 0 Å². The van der Waals surface area contributed by atoms with Gasteiger partial charge in [-0.1, -0.05) is 12.2 Å². The Hall–Kier alpha value is -1.49. The second kappa shape index (κ2) is 4.51. The standard InChI is InChI=1S/C8H9N3OS/c1-6(5-12)7(13)11-8-9-3-2-4-10-8/h2-5,12H,1H3,(H,9,10,11,13)/b6-5+. The van der Waals surface area contributed by atoms with Crippen LogP contribution in [-0.4, -0.2) is 20.1 Å². The van der Waals surface area contributed by atoms with Crippen molar-refractivity contribution in [1.29, 1.82) is 0 Å². The van der Waals surface area contributed by atoms with Gasteiger partial charge in [0, 0.05) is 18.0 Å². The zero-order valence-electron chi connectivity index (χ0n) is 7.06. The summed E-state index contributed by atoms with van der Waals surface area (Å²) in [4.78, 5) is 8.24. The van der Waals surface area contributed by atoms with E-state index in [9.17, 15) is 0 Å². The van der Waals surface area contributed by atoms with Gasteiger partial charge in [-0.25, -0.2) is 9.97 Å². The van der Waals surface area contributed by atoms with Crippen LogP contribution in [0.15, 0.2) is 30.3 Å². The Labute approximate surface area is 81.3 Å². The van der Waals surface area contributed by atoms with E-state index in [1.165, 1.54) is 0 Å². The molecule has 0 aliphatic heterocycles. The van der Waals surface area contributed by atoms with Crippen LogP contribution in [0, 0.1) is 0 Å². The Morgan fingerprint density at radius 1 is 1.54 bits per heavy atom. The fourth-order valence-electron chi connectivity index (χ4n) is 0.622. The van der Waals surface area contributed by atoms with E-state index in [1.807, 2.05) is 0 Å². The van der Waals surface area contributed by atoms with E-state index in [-0.39, 0.29) is 0 Å². The van der Waals surface area contributed by atoms with Crippen LogP contribution in [-0.2, 0) is 0 Å². The van der Waals surface area contributed by atoms with Crippen molar-refractivity contribution in [3.05, 3.63) is 30.3 Å². The SMILES string of the molecule is C/C(=C\O)C(=S)Nc1ncccn1. The molecule has 0 aliphatic carbocycles. The monoisotopic (exact) mass is 195 g/mol. The van der Waals surface area contributed by atoms with E-state index in [1.54, 1.807) is 25.4 Å². The molecular formula is C8H9N3OS. The quantitative estimate of drug-likeness (QED) is 0.427.